The molecule has 3 aromatic rings. The highest BCUT2D eigenvalue weighted by Gasteiger charge is 2.04. The molecule has 0 atom stereocenters. The first-order valence-electron chi connectivity index (χ1n) is 6.23. The number of hydrogen-bond acceptors (Lipinski definition) is 4. The second-order valence-electron chi connectivity index (χ2n) is 4.24. The number of benzene rings is 1. The van der Waals surface area contributed by atoms with Crippen LogP contribution in [-0.2, 0) is 0 Å². The molecule has 2 heterocycles. The molecule has 5 heteroatoms. The Kier molecular flexibility index (Phi) is 3.33. The molecule has 0 radical (unpaired) electrons. The lowest BCUT2D eigenvalue weighted by atomic mass is 10.1. The summed E-state index contributed by atoms with van der Waals surface area (Å²) in [6.07, 6.45) is 1.74. The first-order valence-corrected chi connectivity index (χ1v) is 6.23. The van der Waals surface area contributed by atoms with Gasteiger partial charge in [0.15, 0.2) is 5.82 Å². The third-order valence-corrected chi connectivity index (χ3v) is 2.90. The van der Waals surface area contributed by atoms with Crippen molar-refractivity contribution < 1.29 is 4.74 Å². The van der Waals surface area contributed by atoms with Gasteiger partial charge in [0.1, 0.15) is 11.6 Å². The SMILES string of the molecule is COc1ccc(-c2cc(Nc3ccccn3)n[nH]2)cc1. The summed E-state index contributed by atoms with van der Waals surface area (Å²) in [4.78, 5) is 4.20. The van der Waals surface area contributed by atoms with E-state index in [4.69, 9.17) is 4.74 Å². The van der Waals surface area contributed by atoms with Crippen LogP contribution in [0.3, 0.4) is 0 Å². The summed E-state index contributed by atoms with van der Waals surface area (Å²) in [6, 6.07) is 15.4. The largest absolute Gasteiger partial charge is 0.497 e. The van der Waals surface area contributed by atoms with E-state index in [2.05, 4.69) is 20.5 Å². The van der Waals surface area contributed by atoms with E-state index in [0.717, 1.165) is 28.6 Å². The smallest absolute Gasteiger partial charge is 0.153 e. The molecule has 0 spiro atoms. The lowest BCUT2D eigenvalue weighted by Crippen LogP contribution is -1.92. The lowest BCUT2D eigenvalue weighted by Gasteiger charge is -2.01. The molecule has 3 rings (SSSR count). The fourth-order valence-corrected chi connectivity index (χ4v) is 1.87. The monoisotopic (exact) mass is 266 g/mol. The van der Waals surface area contributed by atoms with Gasteiger partial charge in [0.05, 0.1) is 12.8 Å². The van der Waals surface area contributed by atoms with Gasteiger partial charge in [-0.15, -0.1) is 0 Å². The molecule has 1 aromatic carbocycles. The predicted octanol–water partition coefficient (Wildman–Crippen LogP) is 3.22. The van der Waals surface area contributed by atoms with Crippen molar-refractivity contribution in [1.82, 2.24) is 15.2 Å². The fraction of sp³-hybridized carbons (Fsp3) is 0.0667. The number of methoxy groups -OCH3 is 1. The molecule has 0 bridgehead atoms. The van der Waals surface area contributed by atoms with Gasteiger partial charge in [-0.3, -0.25) is 5.10 Å². The van der Waals surface area contributed by atoms with Crippen LogP contribution in [0.25, 0.3) is 11.3 Å². The number of rotatable bonds is 4. The third kappa shape index (κ3) is 2.61. The van der Waals surface area contributed by atoms with Crippen LogP contribution in [0, 0.1) is 0 Å². The first-order chi connectivity index (χ1) is 9.85. The minimum absolute atomic E-state index is 0.731. The van der Waals surface area contributed by atoms with Gasteiger partial charge >= 0.3 is 0 Å². The number of ether oxygens (including phenoxy) is 1. The number of pyridine rings is 1. The van der Waals surface area contributed by atoms with E-state index >= 15 is 0 Å². The standard InChI is InChI=1S/C15H14N4O/c1-20-12-7-5-11(6-8-12)13-10-15(19-18-13)17-14-4-2-3-9-16-14/h2-10H,1H3,(H2,16,17,18,19). The third-order valence-electron chi connectivity index (χ3n) is 2.90. The molecule has 0 saturated carbocycles. The normalized spacial score (nSPS) is 10.2. The average Bonchev–Trinajstić information content (AvgIpc) is 2.97. The molecule has 2 aromatic heterocycles. The minimum atomic E-state index is 0.731. The molecular formula is C15H14N4O. The zero-order valence-electron chi connectivity index (χ0n) is 11.0. The van der Waals surface area contributed by atoms with Crippen molar-refractivity contribution in [2.24, 2.45) is 0 Å². The van der Waals surface area contributed by atoms with Gasteiger partial charge in [0, 0.05) is 12.3 Å². The number of aromatic amines is 1. The van der Waals surface area contributed by atoms with Crippen molar-refractivity contribution >= 4 is 11.6 Å². The number of anilines is 2. The second-order valence-corrected chi connectivity index (χ2v) is 4.24. The molecule has 0 aliphatic carbocycles. The molecule has 0 unspecified atom stereocenters. The molecular weight excluding hydrogens is 252 g/mol. The Morgan fingerprint density at radius 3 is 2.60 bits per heavy atom. The maximum absolute atomic E-state index is 5.14. The summed E-state index contributed by atoms with van der Waals surface area (Å²) in [5.74, 6) is 2.33. The van der Waals surface area contributed by atoms with Crippen LogP contribution in [0.1, 0.15) is 0 Å². The van der Waals surface area contributed by atoms with Crippen molar-refractivity contribution in [3.8, 4) is 17.0 Å². The Bertz CT molecular complexity index is 677. The van der Waals surface area contributed by atoms with Crippen molar-refractivity contribution in [2.75, 3.05) is 12.4 Å². The minimum Gasteiger partial charge on any atom is -0.497 e. The van der Waals surface area contributed by atoms with E-state index < -0.39 is 0 Å². The van der Waals surface area contributed by atoms with E-state index in [-0.39, 0.29) is 0 Å². The van der Waals surface area contributed by atoms with Crippen LogP contribution in [0.5, 0.6) is 5.75 Å². The van der Waals surface area contributed by atoms with Gasteiger partial charge in [-0.05, 0) is 42.0 Å². The van der Waals surface area contributed by atoms with Crippen molar-refractivity contribution in [2.45, 2.75) is 0 Å². The molecule has 0 aliphatic heterocycles. The molecule has 2 N–H and O–H groups in total. The van der Waals surface area contributed by atoms with E-state index in [1.165, 1.54) is 0 Å². The summed E-state index contributed by atoms with van der Waals surface area (Å²) in [7, 11) is 1.65. The maximum Gasteiger partial charge on any atom is 0.153 e. The molecule has 0 amide bonds. The topological polar surface area (TPSA) is 62.8 Å². The van der Waals surface area contributed by atoms with Gasteiger partial charge in [-0.1, -0.05) is 6.07 Å². The van der Waals surface area contributed by atoms with Gasteiger partial charge in [-0.2, -0.15) is 5.10 Å². The van der Waals surface area contributed by atoms with Crippen LogP contribution >= 0.6 is 0 Å². The Labute approximate surface area is 116 Å². The highest BCUT2D eigenvalue weighted by Crippen LogP contribution is 2.23. The number of aromatic nitrogens is 3. The predicted molar refractivity (Wildman–Crippen MR) is 78.1 cm³/mol. The van der Waals surface area contributed by atoms with Gasteiger partial charge in [-0.25, -0.2) is 4.98 Å². The number of nitrogens with one attached hydrogen (secondary N) is 2. The summed E-state index contributed by atoms with van der Waals surface area (Å²) >= 11 is 0. The summed E-state index contributed by atoms with van der Waals surface area (Å²) in [5.41, 5.74) is 1.98. The number of hydrogen-bond donors (Lipinski definition) is 2. The first kappa shape index (κ1) is 12.2. The summed E-state index contributed by atoms with van der Waals surface area (Å²) in [6.45, 7) is 0. The average molecular weight is 266 g/mol. The number of H-pyrrole nitrogens is 1. The zero-order chi connectivity index (χ0) is 13.8. The van der Waals surface area contributed by atoms with E-state index in [0.29, 0.717) is 0 Å². The fourth-order valence-electron chi connectivity index (χ4n) is 1.87. The van der Waals surface area contributed by atoms with Crippen molar-refractivity contribution in [1.29, 1.82) is 0 Å². The molecule has 20 heavy (non-hydrogen) atoms. The Hall–Kier alpha value is -2.82. The van der Waals surface area contributed by atoms with Crippen LogP contribution in [0.2, 0.25) is 0 Å². The highest BCUT2D eigenvalue weighted by molar-refractivity contribution is 5.65. The summed E-state index contributed by atoms with van der Waals surface area (Å²) in [5, 5.41) is 10.4. The molecule has 0 aliphatic rings. The van der Waals surface area contributed by atoms with E-state index in [1.54, 1.807) is 13.3 Å². The quantitative estimate of drug-likeness (QED) is 0.761. The van der Waals surface area contributed by atoms with Gasteiger partial charge in [0.25, 0.3) is 0 Å². The van der Waals surface area contributed by atoms with Crippen LogP contribution < -0.4 is 10.1 Å². The second kappa shape index (κ2) is 5.44. The Morgan fingerprint density at radius 2 is 1.90 bits per heavy atom. The highest BCUT2D eigenvalue weighted by atomic mass is 16.5. The zero-order valence-corrected chi connectivity index (χ0v) is 11.0. The van der Waals surface area contributed by atoms with Crippen LogP contribution in [-0.4, -0.2) is 22.3 Å². The van der Waals surface area contributed by atoms with Crippen molar-refractivity contribution in [3.63, 3.8) is 0 Å². The Balaban J connectivity index is 1.79. The molecule has 0 saturated heterocycles. The molecule has 0 fully saturated rings. The van der Waals surface area contributed by atoms with Crippen LogP contribution in [0.15, 0.2) is 54.7 Å². The number of nitrogens with zero attached hydrogens (tertiary/aromatic N) is 2. The maximum atomic E-state index is 5.14. The van der Waals surface area contributed by atoms with Crippen molar-refractivity contribution in [3.05, 3.63) is 54.7 Å². The van der Waals surface area contributed by atoms with E-state index in [1.807, 2.05) is 48.5 Å². The van der Waals surface area contributed by atoms with Crippen LogP contribution in [0.4, 0.5) is 11.6 Å². The van der Waals surface area contributed by atoms with Gasteiger partial charge < -0.3 is 10.1 Å². The van der Waals surface area contributed by atoms with Gasteiger partial charge in [0.2, 0.25) is 0 Å². The summed E-state index contributed by atoms with van der Waals surface area (Å²) < 4.78 is 5.14. The molecule has 100 valence electrons. The lowest BCUT2D eigenvalue weighted by molar-refractivity contribution is 0.415. The Morgan fingerprint density at radius 1 is 1.05 bits per heavy atom. The van der Waals surface area contributed by atoms with E-state index in [9.17, 15) is 0 Å². The molecule has 5 nitrogen and oxygen atoms in total.